The Balaban J connectivity index is 2.64. The second-order valence-electron chi connectivity index (χ2n) is 2.52. The zero-order valence-electron chi connectivity index (χ0n) is 7.30. The molecule has 0 radical (unpaired) electrons. The number of allylic oxidation sites excluding steroid dienone is 2. The first-order chi connectivity index (χ1) is 6.27. The minimum atomic E-state index is -0.356. The molecule has 68 valence electrons. The Hall–Kier alpha value is -1.67. The van der Waals surface area contributed by atoms with Crippen LogP contribution in [0.15, 0.2) is 24.3 Å². The van der Waals surface area contributed by atoms with Crippen molar-refractivity contribution >= 4 is 11.7 Å². The third-order valence-corrected chi connectivity index (χ3v) is 1.62. The van der Waals surface area contributed by atoms with Crippen molar-refractivity contribution in [2.24, 2.45) is 5.92 Å². The predicted molar refractivity (Wildman–Crippen MR) is 47.0 cm³/mol. The number of carbonyl (C=O) groups excluding carboxylic acids is 1. The smallest absolute Gasteiger partial charge is 0.316 e. The van der Waals surface area contributed by atoms with Crippen molar-refractivity contribution in [1.29, 1.82) is 0 Å². The molecule has 0 amide bonds. The summed E-state index contributed by atoms with van der Waals surface area (Å²) in [5.41, 5.74) is 8.82. The van der Waals surface area contributed by atoms with Gasteiger partial charge in [-0.15, -0.1) is 0 Å². The third kappa shape index (κ3) is 2.39. The SMILES string of the molecule is CCOC(=O)C1C=CC(=[N+]=[N-])C=C1. The lowest BCUT2D eigenvalue weighted by atomic mass is 10.0. The Kier molecular flexibility index (Phi) is 3.17. The Morgan fingerprint density at radius 3 is 2.69 bits per heavy atom. The molecule has 0 aromatic carbocycles. The molecule has 13 heavy (non-hydrogen) atoms. The van der Waals surface area contributed by atoms with Crippen molar-refractivity contribution in [3.63, 3.8) is 0 Å². The zero-order chi connectivity index (χ0) is 9.68. The molecule has 0 saturated carbocycles. The normalized spacial score (nSPS) is 19.8. The number of ether oxygens (including phenoxy) is 1. The summed E-state index contributed by atoms with van der Waals surface area (Å²) in [6.45, 7) is 2.13. The molecule has 0 heterocycles. The largest absolute Gasteiger partial charge is 0.465 e. The fraction of sp³-hybridized carbons (Fsp3) is 0.333. The van der Waals surface area contributed by atoms with E-state index in [0.29, 0.717) is 12.3 Å². The van der Waals surface area contributed by atoms with E-state index in [4.69, 9.17) is 10.3 Å². The van der Waals surface area contributed by atoms with Gasteiger partial charge in [0.15, 0.2) is 0 Å². The Labute approximate surface area is 76.1 Å². The highest BCUT2D eigenvalue weighted by molar-refractivity contribution is 6.02. The average Bonchev–Trinajstić information content (AvgIpc) is 2.18. The van der Waals surface area contributed by atoms with E-state index in [0.717, 1.165) is 0 Å². The van der Waals surface area contributed by atoms with Gasteiger partial charge in [-0.1, -0.05) is 12.2 Å². The topological polar surface area (TPSA) is 62.7 Å². The summed E-state index contributed by atoms with van der Waals surface area (Å²) in [5, 5.41) is 0. The van der Waals surface area contributed by atoms with Crippen LogP contribution < -0.4 is 0 Å². The van der Waals surface area contributed by atoms with Gasteiger partial charge in [-0.05, 0) is 6.92 Å². The average molecular weight is 178 g/mol. The quantitative estimate of drug-likeness (QED) is 0.359. The number of esters is 1. The van der Waals surface area contributed by atoms with Gasteiger partial charge in [-0.25, -0.2) is 0 Å². The maximum absolute atomic E-state index is 11.2. The molecule has 4 heteroatoms. The maximum Gasteiger partial charge on any atom is 0.316 e. The molecule has 0 atom stereocenters. The van der Waals surface area contributed by atoms with Gasteiger partial charge < -0.3 is 10.3 Å². The summed E-state index contributed by atoms with van der Waals surface area (Å²) < 4.78 is 4.81. The van der Waals surface area contributed by atoms with Gasteiger partial charge in [0, 0.05) is 12.2 Å². The van der Waals surface area contributed by atoms with E-state index < -0.39 is 0 Å². The number of hydrogen-bond acceptors (Lipinski definition) is 2. The number of rotatable bonds is 2. The fourth-order valence-corrected chi connectivity index (χ4v) is 0.987. The molecule has 1 rings (SSSR count). The van der Waals surface area contributed by atoms with E-state index >= 15 is 0 Å². The van der Waals surface area contributed by atoms with E-state index in [9.17, 15) is 4.79 Å². The van der Waals surface area contributed by atoms with Gasteiger partial charge in [0.2, 0.25) is 0 Å². The van der Waals surface area contributed by atoms with Crippen molar-refractivity contribution in [3.8, 4) is 0 Å². The van der Waals surface area contributed by atoms with E-state index in [1.807, 2.05) is 0 Å². The van der Waals surface area contributed by atoms with E-state index in [-0.39, 0.29) is 11.9 Å². The van der Waals surface area contributed by atoms with Crippen LogP contribution in [0.2, 0.25) is 0 Å². The van der Waals surface area contributed by atoms with Crippen LogP contribution >= 0.6 is 0 Å². The predicted octanol–water partition coefficient (Wildman–Crippen LogP) is 0.963. The lowest BCUT2D eigenvalue weighted by molar-refractivity contribution is -0.144. The molecule has 0 fully saturated rings. The lowest BCUT2D eigenvalue weighted by Gasteiger charge is -2.07. The Morgan fingerprint density at radius 2 is 2.23 bits per heavy atom. The Bertz CT molecular complexity index is 296. The minimum Gasteiger partial charge on any atom is -0.465 e. The second-order valence-corrected chi connectivity index (χ2v) is 2.52. The van der Waals surface area contributed by atoms with E-state index in [2.05, 4.69) is 4.79 Å². The van der Waals surface area contributed by atoms with Gasteiger partial charge in [0.25, 0.3) is 0 Å². The molecule has 0 saturated heterocycles. The summed E-state index contributed by atoms with van der Waals surface area (Å²) in [6, 6.07) is 0. The van der Waals surface area contributed by atoms with Crippen molar-refractivity contribution in [1.82, 2.24) is 0 Å². The summed E-state index contributed by atoms with van der Waals surface area (Å²) >= 11 is 0. The molecule has 0 aliphatic heterocycles. The first-order valence-corrected chi connectivity index (χ1v) is 4.03. The molecule has 0 unspecified atom stereocenters. The molecule has 0 N–H and O–H groups in total. The van der Waals surface area contributed by atoms with Crippen LogP contribution in [0.3, 0.4) is 0 Å². The van der Waals surface area contributed by atoms with Gasteiger partial charge in [0.05, 0.1) is 12.5 Å². The second kappa shape index (κ2) is 4.38. The van der Waals surface area contributed by atoms with E-state index in [1.165, 1.54) is 0 Å². The molecule has 1 aliphatic rings. The molecule has 0 aromatic rings. The Morgan fingerprint density at radius 1 is 1.62 bits per heavy atom. The molecule has 1 aliphatic carbocycles. The highest BCUT2D eigenvalue weighted by Gasteiger charge is 2.17. The summed E-state index contributed by atoms with van der Waals surface area (Å²) in [4.78, 5) is 14.1. The number of hydrogen-bond donors (Lipinski definition) is 0. The first-order valence-electron chi connectivity index (χ1n) is 4.03. The van der Waals surface area contributed by atoms with Crippen LogP contribution in [-0.2, 0) is 9.53 Å². The van der Waals surface area contributed by atoms with E-state index in [1.54, 1.807) is 31.2 Å². The van der Waals surface area contributed by atoms with Crippen molar-refractivity contribution < 1.29 is 14.3 Å². The minimum absolute atomic E-state index is 0.285. The zero-order valence-corrected chi connectivity index (χ0v) is 7.30. The van der Waals surface area contributed by atoms with Gasteiger partial charge in [-0.2, -0.15) is 4.79 Å². The van der Waals surface area contributed by atoms with Gasteiger partial charge in [-0.3, -0.25) is 4.79 Å². The van der Waals surface area contributed by atoms with Crippen molar-refractivity contribution in [2.45, 2.75) is 6.92 Å². The lowest BCUT2D eigenvalue weighted by Crippen LogP contribution is -2.16. The summed E-state index contributed by atoms with van der Waals surface area (Å²) in [5.74, 6) is -0.641. The van der Waals surface area contributed by atoms with Crippen LogP contribution in [0, 0.1) is 5.92 Å². The molecular formula is C9H10N2O2. The van der Waals surface area contributed by atoms with Crippen LogP contribution in [0.25, 0.3) is 5.53 Å². The van der Waals surface area contributed by atoms with Gasteiger partial charge >= 0.3 is 11.7 Å². The molecular weight excluding hydrogens is 168 g/mol. The van der Waals surface area contributed by atoms with Crippen molar-refractivity contribution in [2.75, 3.05) is 6.61 Å². The molecule has 0 spiro atoms. The standard InChI is InChI=1S/C9H10N2O2/c1-2-13-9(12)7-3-5-8(11-10)6-4-7/h3-7H,2H2,1H3. The third-order valence-electron chi connectivity index (χ3n) is 1.62. The summed E-state index contributed by atoms with van der Waals surface area (Å²) in [6.07, 6.45) is 6.41. The highest BCUT2D eigenvalue weighted by atomic mass is 16.5. The van der Waals surface area contributed by atoms with Crippen molar-refractivity contribution in [3.05, 3.63) is 29.8 Å². The van der Waals surface area contributed by atoms with Crippen LogP contribution in [-0.4, -0.2) is 23.1 Å². The fourth-order valence-electron chi connectivity index (χ4n) is 0.987. The number of nitrogens with zero attached hydrogens (tertiary/aromatic N) is 2. The van der Waals surface area contributed by atoms with Crippen LogP contribution in [0.1, 0.15) is 6.92 Å². The van der Waals surface area contributed by atoms with Crippen LogP contribution in [0.4, 0.5) is 0 Å². The maximum atomic E-state index is 11.2. The summed E-state index contributed by atoms with van der Waals surface area (Å²) in [7, 11) is 0. The number of carbonyl (C=O) groups is 1. The highest BCUT2D eigenvalue weighted by Crippen LogP contribution is 2.09. The monoisotopic (exact) mass is 178 g/mol. The molecule has 0 aromatic heterocycles. The van der Waals surface area contributed by atoms with Gasteiger partial charge in [0.1, 0.15) is 0 Å². The molecule has 0 bridgehead atoms. The molecule has 4 nitrogen and oxygen atoms in total. The first kappa shape index (κ1) is 9.42. The van der Waals surface area contributed by atoms with Crippen LogP contribution in [0.5, 0.6) is 0 Å².